The second kappa shape index (κ2) is 3.70. The highest BCUT2D eigenvalue weighted by Gasteiger charge is 2.07. The first-order valence-corrected chi connectivity index (χ1v) is 4.53. The number of hydrogen-bond donors (Lipinski definition) is 3. The summed E-state index contributed by atoms with van der Waals surface area (Å²) in [5, 5.41) is 2.32. The van der Waals surface area contributed by atoms with Gasteiger partial charge in [-0.1, -0.05) is 0 Å². The fourth-order valence-corrected chi connectivity index (χ4v) is 1.13. The van der Waals surface area contributed by atoms with Crippen molar-refractivity contribution >= 4 is 34.6 Å². The lowest BCUT2D eigenvalue weighted by Crippen LogP contribution is -2.19. The summed E-state index contributed by atoms with van der Waals surface area (Å²) >= 11 is 5.29. The van der Waals surface area contributed by atoms with Crippen molar-refractivity contribution in [1.82, 2.24) is 19.9 Å². The lowest BCUT2D eigenvalue weighted by molar-refractivity contribution is -0.114. The van der Waals surface area contributed by atoms with Crippen LogP contribution in [0.25, 0.3) is 11.2 Å². The Hall–Kier alpha value is -1.89. The lowest BCUT2D eigenvalue weighted by atomic mass is 10.5. The van der Waals surface area contributed by atoms with E-state index in [9.17, 15) is 9.59 Å². The molecule has 8 heteroatoms. The number of fused-ring (bicyclic) bond motifs is 1. The third-order valence-electron chi connectivity index (χ3n) is 1.68. The molecule has 0 spiro atoms. The number of amides is 1. The van der Waals surface area contributed by atoms with Gasteiger partial charge in [-0.3, -0.25) is 19.9 Å². The van der Waals surface area contributed by atoms with Crippen LogP contribution in [0.2, 0.25) is 0 Å². The Morgan fingerprint density at radius 1 is 1.60 bits per heavy atom. The summed E-state index contributed by atoms with van der Waals surface area (Å²) in [7, 11) is 0. The zero-order chi connectivity index (χ0) is 10.8. The average Bonchev–Trinajstić information content (AvgIpc) is 2.66. The van der Waals surface area contributed by atoms with E-state index in [0.29, 0.717) is 0 Å². The predicted octanol–water partition coefficient (Wildman–Crippen LogP) is -0.177. The SMILES string of the molecule is O=C(CCl)Nc1nc2nc[nH]c2c(=O)[nH]1. The highest BCUT2D eigenvalue weighted by Crippen LogP contribution is 2.02. The molecule has 15 heavy (non-hydrogen) atoms. The first-order valence-electron chi connectivity index (χ1n) is 4.00. The van der Waals surface area contributed by atoms with E-state index in [4.69, 9.17) is 11.6 Å². The van der Waals surface area contributed by atoms with E-state index in [1.165, 1.54) is 6.33 Å². The minimum absolute atomic E-state index is 0.0326. The van der Waals surface area contributed by atoms with Gasteiger partial charge in [0.25, 0.3) is 5.56 Å². The van der Waals surface area contributed by atoms with E-state index in [-0.39, 0.29) is 23.0 Å². The summed E-state index contributed by atoms with van der Waals surface area (Å²) in [6.45, 7) is 0. The number of carbonyl (C=O) groups is 1. The number of alkyl halides is 1. The summed E-state index contributed by atoms with van der Waals surface area (Å²) in [4.78, 5) is 35.0. The maximum atomic E-state index is 11.4. The minimum atomic E-state index is -0.449. The molecule has 78 valence electrons. The maximum absolute atomic E-state index is 11.4. The molecular weight excluding hydrogens is 222 g/mol. The van der Waals surface area contributed by atoms with Crippen molar-refractivity contribution in [3.8, 4) is 0 Å². The van der Waals surface area contributed by atoms with E-state index in [1.54, 1.807) is 0 Å². The standard InChI is InChI=1S/C7H6ClN5O2/c8-1-3(14)11-7-12-5-4(6(15)13-7)9-2-10-5/h2H,1H2,(H3,9,10,11,12,13,14,15). The summed E-state index contributed by atoms with van der Waals surface area (Å²) in [6, 6.07) is 0. The largest absolute Gasteiger partial charge is 0.339 e. The number of rotatable bonds is 2. The Kier molecular flexibility index (Phi) is 2.38. The number of H-pyrrole nitrogens is 2. The fourth-order valence-electron chi connectivity index (χ4n) is 1.07. The van der Waals surface area contributed by atoms with Gasteiger partial charge in [0, 0.05) is 0 Å². The van der Waals surface area contributed by atoms with Crippen LogP contribution in [-0.2, 0) is 4.79 Å². The number of aromatic amines is 2. The molecule has 0 aliphatic carbocycles. The van der Waals surface area contributed by atoms with Crippen LogP contribution in [0.1, 0.15) is 0 Å². The van der Waals surface area contributed by atoms with Crippen molar-refractivity contribution in [2.45, 2.75) is 0 Å². The van der Waals surface area contributed by atoms with E-state index < -0.39 is 11.5 Å². The zero-order valence-corrected chi connectivity index (χ0v) is 8.13. The third kappa shape index (κ3) is 1.82. The number of anilines is 1. The molecule has 3 N–H and O–H groups in total. The van der Waals surface area contributed by atoms with Gasteiger partial charge in [-0.25, -0.2) is 4.98 Å². The van der Waals surface area contributed by atoms with Crippen LogP contribution in [0.15, 0.2) is 11.1 Å². The molecule has 2 rings (SSSR count). The van der Waals surface area contributed by atoms with Crippen LogP contribution >= 0.6 is 11.6 Å². The third-order valence-corrected chi connectivity index (χ3v) is 1.92. The molecule has 7 nitrogen and oxygen atoms in total. The van der Waals surface area contributed by atoms with E-state index in [1.807, 2.05) is 0 Å². The van der Waals surface area contributed by atoms with Crippen LogP contribution in [0.4, 0.5) is 5.95 Å². The number of hydrogen-bond acceptors (Lipinski definition) is 4. The predicted molar refractivity (Wildman–Crippen MR) is 53.9 cm³/mol. The van der Waals surface area contributed by atoms with Gasteiger partial charge < -0.3 is 4.98 Å². The Labute approximate surface area is 87.9 Å². The monoisotopic (exact) mass is 227 g/mol. The molecule has 0 saturated carbocycles. The highest BCUT2D eigenvalue weighted by molar-refractivity contribution is 6.28. The van der Waals surface area contributed by atoms with E-state index >= 15 is 0 Å². The molecule has 0 fully saturated rings. The van der Waals surface area contributed by atoms with Gasteiger partial charge >= 0.3 is 0 Å². The van der Waals surface area contributed by atoms with Gasteiger partial charge in [0.15, 0.2) is 11.2 Å². The molecule has 0 unspecified atom stereocenters. The normalized spacial score (nSPS) is 10.5. The van der Waals surface area contributed by atoms with Crippen molar-refractivity contribution in [3.63, 3.8) is 0 Å². The van der Waals surface area contributed by atoms with Gasteiger partial charge in [-0.2, -0.15) is 4.98 Å². The molecule has 0 bridgehead atoms. The second-order valence-corrected chi connectivity index (χ2v) is 2.96. The van der Waals surface area contributed by atoms with E-state index in [2.05, 4.69) is 25.3 Å². The topological polar surface area (TPSA) is 104 Å². The Morgan fingerprint density at radius 2 is 2.40 bits per heavy atom. The maximum Gasteiger partial charge on any atom is 0.278 e. The van der Waals surface area contributed by atoms with Gasteiger partial charge in [0.1, 0.15) is 5.88 Å². The second-order valence-electron chi connectivity index (χ2n) is 2.70. The van der Waals surface area contributed by atoms with Gasteiger partial charge in [-0.15, -0.1) is 11.6 Å². The van der Waals surface area contributed by atoms with Crippen molar-refractivity contribution in [1.29, 1.82) is 0 Å². The van der Waals surface area contributed by atoms with Crippen molar-refractivity contribution in [2.75, 3.05) is 11.2 Å². The molecule has 0 atom stereocenters. The average molecular weight is 228 g/mol. The molecule has 2 heterocycles. The van der Waals surface area contributed by atoms with Gasteiger partial charge in [0.2, 0.25) is 11.9 Å². The number of imidazole rings is 1. The molecule has 2 aromatic rings. The van der Waals surface area contributed by atoms with Crippen LogP contribution in [0.5, 0.6) is 0 Å². The molecule has 0 saturated heterocycles. The molecule has 0 aliphatic rings. The zero-order valence-electron chi connectivity index (χ0n) is 7.37. The molecule has 1 amide bonds. The number of nitrogens with one attached hydrogen (secondary N) is 3. The smallest absolute Gasteiger partial charge is 0.278 e. The molecule has 0 aliphatic heterocycles. The summed E-state index contributed by atoms with van der Waals surface area (Å²) in [6.07, 6.45) is 1.35. The first kappa shape index (κ1) is 9.66. The summed E-state index contributed by atoms with van der Waals surface area (Å²) in [5.41, 5.74) is 0.102. The summed E-state index contributed by atoms with van der Waals surface area (Å²) in [5.74, 6) is -0.623. The van der Waals surface area contributed by atoms with Crippen LogP contribution < -0.4 is 10.9 Å². The number of carbonyl (C=O) groups excluding carboxylic acids is 1. The molecule has 0 aromatic carbocycles. The highest BCUT2D eigenvalue weighted by atomic mass is 35.5. The van der Waals surface area contributed by atoms with Crippen LogP contribution in [0.3, 0.4) is 0 Å². The Balaban J connectivity index is 2.45. The number of aromatic nitrogens is 4. The molecular formula is C7H6ClN5O2. The molecule has 2 aromatic heterocycles. The summed E-state index contributed by atoms with van der Waals surface area (Å²) < 4.78 is 0. The van der Waals surface area contributed by atoms with Crippen molar-refractivity contribution in [2.24, 2.45) is 0 Å². The van der Waals surface area contributed by atoms with Crippen molar-refractivity contribution < 1.29 is 4.79 Å². The quantitative estimate of drug-likeness (QED) is 0.620. The fraction of sp³-hybridized carbons (Fsp3) is 0.143. The number of nitrogens with zero attached hydrogens (tertiary/aromatic N) is 2. The molecule has 0 radical (unpaired) electrons. The first-order chi connectivity index (χ1) is 7.20. The lowest BCUT2D eigenvalue weighted by Gasteiger charge is -2.00. The van der Waals surface area contributed by atoms with Gasteiger partial charge in [0.05, 0.1) is 6.33 Å². The van der Waals surface area contributed by atoms with Crippen molar-refractivity contribution in [3.05, 3.63) is 16.7 Å². The minimum Gasteiger partial charge on any atom is -0.339 e. The Bertz CT molecular complexity index is 560. The van der Waals surface area contributed by atoms with Gasteiger partial charge in [-0.05, 0) is 0 Å². The number of halogens is 1. The van der Waals surface area contributed by atoms with Crippen LogP contribution in [-0.4, -0.2) is 31.7 Å². The van der Waals surface area contributed by atoms with Crippen LogP contribution in [0, 0.1) is 0 Å². The van der Waals surface area contributed by atoms with E-state index in [0.717, 1.165) is 0 Å². The Morgan fingerprint density at radius 3 is 3.13 bits per heavy atom.